The van der Waals surface area contributed by atoms with E-state index in [1.165, 1.54) is 57.8 Å². The Kier molecular flexibility index (Phi) is 4.59. The molecule has 0 aliphatic heterocycles. The summed E-state index contributed by atoms with van der Waals surface area (Å²) in [5.41, 5.74) is 4.10. The first-order chi connectivity index (χ1) is 13.9. The molecule has 4 fully saturated rings. The Labute approximate surface area is 186 Å². The first-order valence-corrected chi connectivity index (χ1v) is 13.2. The molecule has 9 atom stereocenters. The first-order valence-electron chi connectivity index (χ1n) is 13.2. The van der Waals surface area contributed by atoms with Crippen molar-refractivity contribution >= 4 is 0 Å². The fraction of sp³-hybridized carbons (Fsp3) is 0.931. The molecule has 5 aliphatic rings. The van der Waals surface area contributed by atoms with Crippen LogP contribution in [0.25, 0.3) is 0 Å². The summed E-state index contributed by atoms with van der Waals surface area (Å²) >= 11 is 0. The molecule has 0 unspecified atom stereocenters. The van der Waals surface area contributed by atoms with E-state index in [0.29, 0.717) is 38.9 Å². The van der Waals surface area contributed by atoms with Gasteiger partial charge in [0.05, 0.1) is 6.10 Å². The summed E-state index contributed by atoms with van der Waals surface area (Å²) in [6.45, 7) is 18.0. The topological polar surface area (TPSA) is 20.2 Å². The molecule has 5 aliphatic carbocycles. The maximum Gasteiger partial charge on any atom is 0.0571 e. The van der Waals surface area contributed by atoms with E-state index in [1.54, 1.807) is 0 Å². The van der Waals surface area contributed by atoms with Crippen LogP contribution < -0.4 is 0 Å². The Morgan fingerprint density at radius 1 is 0.800 bits per heavy atom. The van der Waals surface area contributed by atoms with Crippen LogP contribution in [0.5, 0.6) is 0 Å². The van der Waals surface area contributed by atoms with Gasteiger partial charge >= 0.3 is 0 Å². The molecule has 1 nitrogen and oxygen atoms in total. The predicted octanol–water partition coefficient (Wildman–Crippen LogP) is 7.78. The van der Waals surface area contributed by atoms with Gasteiger partial charge in [0.2, 0.25) is 0 Å². The van der Waals surface area contributed by atoms with Crippen molar-refractivity contribution in [1.82, 2.24) is 0 Å². The second-order valence-corrected chi connectivity index (χ2v) is 14.4. The van der Waals surface area contributed by atoms with E-state index in [-0.39, 0.29) is 6.10 Å². The Morgan fingerprint density at radius 2 is 1.50 bits per heavy atom. The minimum absolute atomic E-state index is 0.0901. The zero-order valence-corrected chi connectivity index (χ0v) is 21.0. The van der Waals surface area contributed by atoms with Crippen LogP contribution in [-0.4, -0.2) is 11.2 Å². The van der Waals surface area contributed by atoms with Crippen molar-refractivity contribution in [2.24, 2.45) is 50.7 Å². The highest BCUT2D eigenvalue weighted by atomic mass is 16.3. The maximum atomic E-state index is 10.6. The highest BCUT2D eigenvalue weighted by Gasteiger charge is 2.66. The predicted molar refractivity (Wildman–Crippen MR) is 126 cm³/mol. The van der Waals surface area contributed by atoms with Gasteiger partial charge in [-0.05, 0) is 115 Å². The van der Waals surface area contributed by atoms with Gasteiger partial charge in [-0.1, -0.05) is 60.1 Å². The average Bonchev–Trinajstić information content (AvgIpc) is 2.68. The third-order valence-electron chi connectivity index (χ3n) is 12.7. The molecule has 0 heterocycles. The highest BCUT2D eigenvalue weighted by Crippen LogP contribution is 2.74. The van der Waals surface area contributed by atoms with Gasteiger partial charge in [-0.2, -0.15) is 0 Å². The van der Waals surface area contributed by atoms with Crippen LogP contribution in [0, 0.1) is 50.7 Å². The third-order valence-corrected chi connectivity index (χ3v) is 12.7. The number of allylic oxidation sites excluding steroid dienone is 2. The fourth-order valence-electron chi connectivity index (χ4n) is 9.96. The highest BCUT2D eigenvalue weighted by molar-refractivity contribution is 5.30. The van der Waals surface area contributed by atoms with Crippen LogP contribution in [0.1, 0.15) is 113 Å². The summed E-state index contributed by atoms with van der Waals surface area (Å²) in [7, 11) is 0. The zero-order chi connectivity index (χ0) is 21.7. The molecule has 0 aromatic heterocycles. The van der Waals surface area contributed by atoms with Crippen LogP contribution in [0.4, 0.5) is 0 Å². The van der Waals surface area contributed by atoms with Crippen molar-refractivity contribution in [3.05, 3.63) is 11.6 Å². The molecule has 0 spiro atoms. The summed E-state index contributed by atoms with van der Waals surface area (Å²) in [6, 6.07) is 0. The largest absolute Gasteiger partial charge is 0.393 e. The van der Waals surface area contributed by atoms with Gasteiger partial charge < -0.3 is 5.11 Å². The monoisotopic (exact) mass is 412 g/mol. The van der Waals surface area contributed by atoms with Gasteiger partial charge in [-0.3, -0.25) is 0 Å². The SMILES string of the molecule is C[C@H]1[C@H](O)CC[C@H]2C3=CC[C@@]4(C)[C@@H]5CC(C)(C)CC[C@]5(C)CC[C@]4(C)[C@H]3CC[C@@]21C. The number of hydrogen-bond donors (Lipinski definition) is 1. The summed E-state index contributed by atoms with van der Waals surface area (Å²) in [6.07, 6.45) is 16.0. The van der Waals surface area contributed by atoms with E-state index < -0.39 is 0 Å². The lowest BCUT2D eigenvalue weighted by Crippen LogP contribution is -2.62. The van der Waals surface area contributed by atoms with E-state index >= 15 is 0 Å². The quantitative estimate of drug-likeness (QED) is 0.403. The lowest BCUT2D eigenvalue weighted by Gasteiger charge is -2.70. The van der Waals surface area contributed by atoms with Gasteiger partial charge in [0.25, 0.3) is 0 Å². The minimum atomic E-state index is -0.0901. The Hall–Kier alpha value is -0.300. The fourth-order valence-corrected chi connectivity index (χ4v) is 9.96. The minimum Gasteiger partial charge on any atom is -0.393 e. The summed E-state index contributed by atoms with van der Waals surface area (Å²) < 4.78 is 0. The average molecular weight is 413 g/mol. The molecule has 0 aromatic carbocycles. The molecular formula is C29H48O. The third kappa shape index (κ3) is 2.63. The maximum absolute atomic E-state index is 10.6. The van der Waals surface area contributed by atoms with Crippen molar-refractivity contribution < 1.29 is 5.11 Å². The van der Waals surface area contributed by atoms with Gasteiger partial charge in [0, 0.05) is 0 Å². The lowest BCUT2D eigenvalue weighted by atomic mass is 9.34. The Morgan fingerprint density at radius 3 is 2.23 bits per heavy atom. The molecule has 0 amide bonds. The summed E-state index contributed by atoms with van der Waals surface area (Å²) in [4.78, 5) is 0. The van der Waals surface area contributed by atoms with Crippen molar-refractivity contribution in [1.29, 1.82) is 0 Å². The molecule has 4 saturated carbocycles. The van der Waals surface area contributed by atoms with Crippen molar-refractivity contribution in [3.63, 3.8) is 0 Å². The number of aliphatic hydroxyl groups excluding tert-OH is 1. The number of hydrogen-bond acceptors (Lipinski definition) is 1. The summed E-state index contributed by atoms with van der Waals surface area (Å²) in [5, 5.41) is 10.6. The molecule has 170 valence electrons. The number of aliphatic hydroxyl groups is 1. The second-order valence-electron chi connectivity index (χ2n) is 14.4. The van der Waals surface area contributed by atoms with E-state index in [2.05, 4.69) is 54.5 Å². The van der Waals surface area contributed by atoms with Crippen LogP contribution in [0.3, 0.4) is 0 Å². The molecule has 0 aromatic rings. The first kappa shape index (κ1) is 21.5. The van der Waals surface area contributed by atoms with Gasteiger partial charge in [0.1, 0.15) is 0 Å². The van der Waals surface area contributed by atoms with E-state index in [0.717, 1.165) is 18.3 Å². The van der Waals surface area contributed by atoms with Crippen LogP contribution in [0.15, 0.2) is 11.6 Å². The van der Waals surface area contributed by atoms with Crippen molar-refractivity contribution in [3.8, 4) is 0 Å². The van der Waals surface area contributed by atoms with Gasteiger partial charge in [0.15, 0.2) is 0 Å². The van der Waals surface area contributed by atoms with Crippen LogP contribution in [0.2, 0.25) is 0 Å². The van der Waals surface area contributed by atoms with Crippen molar-refractivity contribution in [2.45, 2.75) is 119 Å². The molecule has 1 heteroatoms. The van der Waals surface area contributed by atoms with Gasteiger partial charge in [-0.25, -0.2) is 0 Å². The van der Waals surface area contributed by atoms with Crippen LogP contribution >= 0.6 is 0 Å². The molecule has 0 saturated heterocycles. The molecule has 0 bridgehead atoms. The normalized spacial score (nSPS) is 57.3. The summed E-state index contributed by atoms with van der Waals surface area (Å²) in [5.74, 6) is 2.80. The molecular weight excluding hydrogens is 364 g/mol. The van der Waals surface area contributed by atoms with E-state index in [4.69, 9.17) is 0 Å². The smallest absolute Gasteiger partial charge is 0.0571 e. The second kappa shape index (κ2) is 6.39. The van der Waals surface area contributed by atoms with E-state index in [9.17, 15) is 5.11 Å². The van der Waals surface area contributed by atoms with Crippen LogP contribution in [-0.2, 0) is 0 Å². The molecule has 30 heavy (non-hydrogen) atoms. The standard InChI is InChI=1S/C29H48O/c1-19-23(30)9-8-21-20-10-13-29(7)24-18-25(2,3)14-15-26(24,4)16-17-28(29,6)22(20)11-12-27(19,21)5/h10,19,21-24,30H,8-9,11-18H2,1-7H3/t19-,21-,22-,23+,24+,26+,27+,28+,29-/m0/s1. The zero-order valence-electron chi connectivity index (χ0n) is 21.0. The number of fused-ring (bicyclic) bond motifs is 7. The van der Waals surface area contributed by atoms with E-state index in [1.807, 2.05) is 5.57 Å². The number of rotatable bonds is 0. The lowest BCUT2D eigenvalue weighted by molar-refractivity contribution is -0.182. The van der Waals surface area contributed by atoms with Crippen molar-refractivity contribution in [2.75, 3.05) is 0 Å². The Balaban J connectivity index is 1.55. The van der Waals surface area contributed by atoms with Gasteiger partial charge in [-0.15, -0.1) is 0 Å². The molecule has 0 radical (unpaired) electrons. The molecule has 1 N–H and O–H groups in total. The Bertz CT molecular complexity index is 749. The molecule has 5 rings (SSSR count).